The first-order valence-corrected chi connectivity index (χ1v) is 4.24. The number of carbonyl (C=O) groups excluding carboxylic acids is 1. The van der Waals surface area contributed by atoms with Crippen LogP contribution in [0, 0.1) is 11.3 Å². The van der Waals surface area contributed by atoms with Crippen LogP contribution in [0.3, 0.4) is 0 Å². The highest BCUT2D eigenvalue weighted by atomic mass is 19.4. The van der Waals surface area contributed by atoms with Crippen LogP contribution in [-0.2, 0) is 9.53 Å². The number of rotatable bonds is 3. The molecule has 0 atom stereocenters. The fourth-order valence-corrected chi connectivity index (χ4v) is 0.725. The molecule has 5 nitrogen and oxygen atoms in total. The van der Waals surface area contributed by atoms with Gasteiger partial charge in [0.25, 0.3) is 0 Å². The second-order valence-electron chi connectivity index (χ2n) is 3.43. The maximum absolute atomic E-state index is 11.9. The molecule has 0 unspecified atom stereocenters. The Labute approximate surface area is 94.7 Å². The molecule has 0 spiro atoms. The molecule has 0 amide bonds. The molecule has 0 heterocycles. The van der Waals surface area contributed by atoms with Crippen LogP contribution in [0.2, 0.25) is 0 Å². The van der Waals surface area contributed by atoms with Crippen molar-refractivity contribution in [2.45, 2.75) is 25.6 Å². The Morgan fingerprint density at radius 1 is 1.41 bits per heavy atom. The average molecular weight is 247 g/mol. The fraction of sp³-hybridized carbons (Fsp3) is 0.444. The molecule has 0 rings (SSSR count). The lowest BCUT2D eigenvalue weighted by molar-refractivity contribution is -0.148. The number of nitrogens with zero attached hydrogens (tertiary/aromatic N) is 3. The maximum atomic E-state index is 11.9. The van der Waals surface area contributed by atoms with Crippen molar-refractivity contribution in [3.05, 3.63) is 17.7 Å². The number of esters is 1. The molecular weight excluding hydrogens is 239 g/mol. The topological polar surface area (TPSA) is 86.5 Å². The smallest absolute Gasteiger partial charge is 0.446 e. The van der Waals surface area contributed by atoms with E-state index in [1.54, 1.807) is 0 Å². The number of carbonyl (C=O) groups is 1. The second-order valence-corrected chi connectivity index (χ2v) is 3.43. The van der Waals surface area contributed by atoms with Crippen LogP contribution in [0.15, 0.2) is 12.2 Å². The SMILES string of the molecule is CC(C)(/C=C/C(F)(F)F)OC(=O)C(C#N)=[N+]=[N-]. The van der Waals surface area contributed by atoms with Gasteiger partial charge in [0.05, 0.1) is 0 Å². The lowest BCUT2D eigenvalue weighted by Crippen LogP contribution is -2.30. The minimum Gasteiger partial charge on any atom is -0.446 e. The normalized spacial score (nSPS) is 11.8. The van der Waals surface area contributed by atoms with Gasteiger partial charge in [-0.05, 0) is 19.9 Å². The van der Waals surface area contributed by atoms with Crippen molar-refractivity contribution in [2.24, 2.45) is 0 Å². The van der Waals surface area contributed by atoms with Crippen LogP contribution in [0.25, 0.3) is 5.53 Å². The molecule has 0 N–H and O–H groups in total. The van der Waals surface area contributed by atoms with Crippen molar-refractivity contribution in [3.8, 4) is 6.07 Å². The molecule has 0 aromatic heterocycles. The van der Waals surface area contributed by atoms with Crippen LogP contribution in [0.1, 0.15) is 13.8 Å². The summed E-state index contributed by atoms with van der Waals surface area (Å²) in [7, 11) is 0. The lowest BCUT2D eigenvalue weighted by atomic mass is 10.1. The van der Waals surface area contributed by atoms with Gasteiger partial charge >= 0.3 is 17.9 Å². The molecule has 0 aliphatic rings. The van der Waals surface area contributed by atoms with Crippen molar-refractivity contribution in [3.63, 3.8) is 0 Å². The van der Waals surface area contributed by atoms with E-state index in [1.807, 2.05) is 0 Å². The summed E-state index contributed by atoms with van der Waals surface area (Å²) < 4.78 is 40.2. The molecule has 0 aliphatic carbocycles. The molecular formula is C9H8F3N3O2. The van der Waals surface area contributed by atoms with Crippen LogP contribution >= 0.6 is 0 Å². The van der Waals surface area contributed by atoms with Gasteiger partial charge in [-0.1, -0.05) is 0 Å². The summed E-state index contributed by atoms with van der Waals surface area (Å²) in [5.41, 5.74) is 5.69. The van der Waals surface area contributed by atoms with Crippen molar-refractivity contribution in [1.29, 1.82) is 5.26 Å². The number of allylic oxidation sites excluding steroid dienone is 1. The predicted octanol–water partition coefficient (Wildman–Crippen LogP) is 1.62. The molecule has 0 aliphatic heterocycles. The summed E-state index contributed by atoms with van der Waals surface area (Å²) in [5, 5.41) is 8.31. The molecule has 92 valence electrons. The number of hydrogen-bond acceptors (Lipinski definition) is 3. The molecule has 0 fully saturated rings. The minimum atomic E-state index is -4.53. The van der Waals surface area contributed by atoms with E-state index in [4.69, 9.17) is 10.8 Å². The minimum absolute atomic E-state index is 0.0948. The Balaban J connectivity index is 4.80. The van der Waals surface area contributed by atoms with Gasteiger partial charge in [0.2, 0.25) is 0 Å². The third kappa shape index (κ3) is 6.12. The highest BCUT2D eigenvalue weighted by Crippen LogP contribution is 2.20. The van der Waals surface area contributed by atoms with Crippen molar-refractivity contribution in [1.82, 2.24) is 0 Å². The zero-order valence-electron chi connectivity index (χ0n) is 8.95. The Bertz CT molecular complexity index is 426. The molecule has 0 aromatic rings. The van der Waals surface area contributed by atoms with Crippen molar-refractivity contribution >= 4 is 11.7 Å². The number of ether oxygens (including phenoxy) is 1. The van der Waals surface area contributed by atoms with E-state index in [9.17, 15) is 18.0 Å². The Hall–Kier alpha value is -2.13. The number of hydrogen-bond donors (Lipinski definition) is 0. The molecule has 0 aromatic carbocycles. The van der Waals surface area contributed by atoms with Crippen LogP contribution in [0.5, 0.6) is 0 Å². The van der Waals surface area contributed by atoms with E-state index >= 15 is 0 Å². The third-order valence-electron chi connectivity index (χ3n) is 1.43. The molecule has 0 saturated heterocycles. The first-order valence-electron chi connectivity index (χ1n) is 4.24. The molecule has 8 heteroatoms. The summed E-state index contributed by atoms with van der Waals surface area (Å²) in [5.74, 6) is -1.31. The van der Waals surface area contributed by atoms with E-state index in [-0.39, 0.29) is 6.08 Å². The third-order valence-corrected chi connectivity index (χ3v) is 1.43. The molecule has 17 heavy (non-hydrogen) atoms. The highest BCUT2D eigenvalue weighted by molar-refractivity contribution is 6.40. The number of nitriles is 1. The van der Waals surface area contributed by atoms with E-state index in [0.717, 1.165) is 0 Å². The zero-order chi connectivity index (χ0) is 13.7. The van der Waals surface area contributed by atoms with Crippen LogP contribution in [-0.4, -0.2) is 28.2 Å². The lowest BCUT2D eigenvalue weighted by Gasteiger charge is -2.19. The van der Waals surface area contributed by atoms with Crippen LogP contribution < -0.4 is 0 Å². The van der Waals surface area contributed by atoms with Gasteiger partial charge in [-0.2, -0.15) is 18.4 Å². The molecule has 0 radical (unpaired) electrons. The summed E-state index contributed by atoms with van der Waals surface area (Å²) in [6.45, 7) is 2.36. The molecule has 0 bridgehead atoms. The average Bonchev–Trinajstić information content (AvgIpc) is 2.15. The maximum Gasteiger partial charge on any atom is 0.475 e. The first kappa shape index (κ1) is 14.9. The zero-order valence-corrected chi connectivity index (χ0v) is 8.95. The van der Waals surface area contributed by atoms with Gasteiger partial charge in [0.1, 0.15) is 5.60 Å². The monoisotopic (exact) mass is 247 g/mol. The van der Waals surface area contributed by atoms with E-state index in [2.05, 4.69) is 9.53 Å². The second kappa shape index (κ2) is 5.27. The van der Waals surface area contributed by atoms with E-state index in [1.165, 1.54) is 19.9 Å². The van der Waals surface area contributed by atoms with Crippen molar-refractivity contribution < 1.29 is 27.5 Å². The Morgan fingerprint density at radius 2 is 1.94 bits per heavy atom. The van der Waals surface area contributed by atoms with E-state index < -0.39 is 23.5 Å². The van der Waals surface area contributed by atoms with Gasteiger partial charge in [0.15, 0.2) is 6.07 Å². The Kier molecular flexibility index (Phi) is 4.61. The van der Waals surface area contributed by atoms with E-state index in [0.29, 0.717) is 6.08 Å². The highest BCUT2D eigenvalue weighted by Gasteiger charge is 2.30. The first-order chi connectivity index (χ1) is 7.61. The summed E-state index contributed by atoms with van der Waals surface area (Å²) in [6, 6.07) is 1.23. The number of alkyl halides is 3. The van der Waals surface area contributed by atoms with Gasteiger partial charge in [-0.25, -0.2) is 4.79 Å². The standard InChI is InChI=1S/C9H8F3N3O2/c1-8(2,3-4-9(10,11)12)17-7(16)6(5-13)15-14/h3-4H,1-2H3/b4-3+. The quantitative estimate of drug-likeness (QED) is 0.249. The van der Waals surface area contributed by atoms with Gasteiger partial charge in [-0.3, -0.25) is 0 Å². The van der Waals surface area contributed by atoms with Gasteiger partial charge in [0, 0.05) is 6.08 Å². The summed E-state index contributed by atoms with van der Waals surface area (Å²) in [4.78, 5) is 13.4. The predicted molar refractivity (Wildman–Crippen MR) is 49.6 cm³/mol. The molecule has 0 saturated carbocycles. The van der Waals surface area contributed by atoms with Gasteiger partial charge < -0.3 is 10.3 Å². The fourth-order valence-electron chi connectivity index (χ4n) is 0.725. The van der Waals surface area contributed by atoms with Crippen molar-refractivity contribution in [2.75, 3.05) is 0 Å². The largest absolute Gasteiger partial charge is 0.475 e. The summed E-state index contributed by atoms with van der Waals surface area (Å²) >= 11 is 0. The van der Waals surface area contributed by atoms with Gasteiger partial charge in [-0.15, -0.1) is 4.79 Å². The Morgan fingerprint density at radius 3 is 2.29 bits per heavy atom. The number of halogens is 3. The van der Waals surface area contributed by atoms with Crippen LogP contribution in [0.4, 0.5) is 13.2 Å². The summed E-state index contributed by atoms with van der Waals surface area (Å²) in [6.07, 6.45) is -4.02.